The van der Waals surface area contributed by atoms with E-state index in [-0.39, 0.29) is 24.2 Å². The van der Waals surface area contributed by atoms with E-state index in [1.165, 1.54) is 31.0 Å². The molecule has 0 aromatic carbocycles. The third-order valence-corrected chi connectivity index (χ3v) is 4.17. The van der Waals surface area contributed by atoms with Gasteiger partial charge in [0.15, 0.2) is 0 Å². The zero-order valence-electron chi connectivity index (χ0n) is 14.5. The maximum absolute atomic E-state index is 13.4. The summed E-state index contributed by atoms with van der Waals surface area (Å²) in [6, 6.07) is -0.119. The van der Waals surface area contributed by atoms with Gasteiger partial charge in [0.25, 0.3) is 0 Å². The summed E-state index contributed by atoms with van der Waals surface area (Å²) in [7, 11) is 3.11. The number of halogens is 1. The molecule has 1 aliphatic heterocycles. The minimum atomic E-state index is -0.372. The number of rotatable bonds is 9. The summed E-state index contributed by atoms with van der Waals surface area (Å²) >= 11 is 1.19. The lowest BCUT2D eigenvalue weighted by Crippen LogP contribution is -2.29. The number of nitrogens with two attached hydrogens (primary N) is 1. The summed E-state index contributed by atoms with van der Waals surface area (Å²) in [5.41, 5.74) is 7.05. The fraction of sp³-hybridized carbons (Fsp3) is 0.375. The van der Waals surface area contributed by atoms with Crippen LogP contribution in [0, 0.1) is 4.91 Å². The first-order chi connectivity index (χ1) is 11.9. The molecule has 1 aliphatic rings. The average molecular weight is 367 g/mol. The van der Waals surface area contributed by atoms with Crippen molar-refractivity contribution >= 4 is 21.8 Å². The van der Waals surface area contributed by atoms with Gasteiger partial charge in [-0.1, -0.05) is 12.7 Å². The lowest BCUT2D eigenvalue weighted by Gasteiger charge is -2.10. The number of allylic oxidation sites excluding steroid dienone is 2. The Labute approximate surface area is 150 Å². The number of ether oxygens (including phenoxy) is 1. The monoisotopic (exact) mass is 367 g/mol. The molecule has 0 spiro atoms. The summed E-state index contributed by atoms with van der Waals surface area (Å²) in [6.45, 7) is 5.93. The van der Waals surface area contributed by atoms with Crippen LogP contribution in [0.5, 0.6) is 0 Å². The Morgan fingerprint density at radius 3 is 2.92 bits per heavy atom. The van der Waals surface area contributed by atoms with E-state index in [0.29, 0.717) is 28.0 Å². The van der Waals surface area contributed by atoms with Crippen LogP contribution in [0.2, 0.25) is 0 Å². The first-order valence-electron chi connectivity index (χ1n) is 7.44. The van der Waals surface area contributed by atoms with Gasteiger partial charge in [-0.05, 0) is 36.0 Å². The van der Waals surface area contributed by atoms with E-state index < -0.39 is 0 Å². The van der Waals surface area contributed by atoms with Crippen molar-refractivity contribution in [3.05, 3.63) is 52.6 Å². The van der Waals surface area contributed by atoms with Crippen molar-refractivity contribution in [2.75, 3.05) is 27.3 Å². The molecule has 3 N–H and O–H groups in total. The zero-order chi connectivity index (χ0) is 18.8. The van der Waals surface area contributed by atoms with Gasteiger partial charge in [0, 0.05) is 26.7 Å². The van der Waals surface area contributed by atoms with Gasteiger partial charge >= 0.3 is 0 Å². The molecule has 1 heterocycles. The number of hydrogen-bond donors (Lipinski definition) is 2. The van der Waals surface area contributed by atoms with Gasteiger partial charge in [0.1, 0.15) is 27.3 Å². The molecule has 0 bridgehead atoms. The number of thioether (sulfide) groups is 1. The van der Waals surface area contributed by atoms with Crippen LogP contribution in [0.3, 0.4) is 0 Å². The Morgan fingerprint density at radius 2 is 2.32 bits per heavy atom. The van der Waals surface area contributed by atoms with Gasteiger partial charge in [-0.25, -0.2) is 9.38 Å². The predicted molar refractivity (Wildman–Crippen MR) is 102 cm³/mol. The van der Waals surface area contributed by atoms with Crippen LogP contribution in [-0.2, 0) is 4.74 Å². The highest BCUT2D eigenvalue weighted by atomic mass is 32.2. The first kappa shape index (κ1) is 20.9. The molecule has 9 heteroatoms. The van der Waals surface area contributed by atoms with Crippen LogP contribution in [0.25, 0.3) is 0 Å². The van der Waals surface area contributed by atoms with E-state index in [9.17, 15) is 9.30 Å². The summed E-state index contributed by atoms with van der Waals surface area (Å²) in [6.07, 6.45) is 4.37. The van der Waals surface area contributed by atoms with Crippen molar-refractivity contribution < 1.29 is 9.13 Å². The fourth-order valence-corrected chi connectivity index (χ4v) is 2.57. The Morgan fingerprint density at radius 1 is 1.60 bits per heavy atom. The maximum Gasteiger partial charge on any atom is 0.133 e. The number of hydrogen-bond acceptors (Lipinski definition) is 8. The Balaban J connectivity index is 2.73. The molecule has 0 fully saturated rings. The molecular weight excluding hydrogens is 345 g/mol. The van der Waals surface area contributed by atoms with E-state index in [1.54, 1.807) is 13.1 Å². The standard InChI is InChI=1S/C16H22FN5O2S/c1-10(5-6-12(17)7-8-24-4)20-9-13(18)14-16(19-3)25-15(21-14)11(2)22-23/h5-7,10,20H,2,8-9,18H2,1,3-4H3/b6-5-,12-7+,14-13+,19-16+. The first-order valence-corrected chi connectivity index (χ1v) is 8.25. The Bertz CT molecular complexity index is 667. The molecule has 25 heavy (non-hydrogen) atoms. The lowest BCUT2D eigenvalue weighted by atomic mass is 10.2. The second kappa shape index (κ2) is 10.7. The minimum Gasteiger partial charge on any atom is -0.399 e. The SMILES string of the molecule is C=C(N=O)C1=NC(=C(/N)CNC(C)/C=C\C(F)=C/COC)/C(=N\C)S1. The van der Waals surface area contributed by atoms with Gasteiger partial charge in [-0.2, -0.15) is 0 Å². The highest BCUT2D eigenvalue weighted by Crippen LogP contribution is 2.29. The van der Waals surface area contributed by atoms with Crippen LogP contribution < -0.4 is 11.1 Å². The van der Waals surface area contributed by atoms with Crippen molar-refractivity contribution in [2.45, 2.75) is 13.0 Å². The summed E-state index contributed by atoms with van der Waals surface area (Å²) < 4.78 is 18.2. The molecule has 7 nitrogen and oxygen atoms in total. The van der Waals surface area contributed by atoms with E-state index in [1.807, 2.05) is 6.92 Å². The Kier molecular flexibility index (Phi) is 8.96. The van der Waals surface area contributed by atoms with Gasteiger partial charge in [-0.3, -0.25) is 4.99 Å². The van der Waals surface area contributed by atoms with Crippen molar-refractivity contribution in [1.82, 2.24) is 5.32 Å². The second-order valence-corrected chi connectivity index (χ2v) is 6.01. The minimum absolute atomic E-state index is 0.0385. The van der Waals surface area contributed by atoms with Crippen molar-refractivity contribution in [1.29, 1.82) is 0 Å². The molecule has 0 saturated heterocycles. The Hall–Kier alpha value is -2.10. The summed E-state index contributed by atoms with van der Waals surface area (Å²) in [4.78, 5) is 18.9. The number of nitrogens with zero attached hydrogens (tertiary/aromatic N) is 3. The summed E-state index contributed by atoms with van der Waals surface area (Å²) in [5.74, 6) is -0.372. The number of aliphatic imine (C=N–C) groups is 2. The van der Waals surface area contributed by atoms with Gasteiger partial charge in [-0.15, -0.1) is 4.91 Å². The maximum atomic E-state index is 13.4. The largest absolute Gasteiger partial charge is 0.399 e. The third kappa shape index (κ3) is 6.73. The summed E-state index contributed by atoms with van der Waals surface area (Å²) in [5, 5.41) is 6.89. The van der Waals surface area contributed by atoms with E-state index in [2.05, 4.69) is 27.1 Å². The molecular formula is C16H22FN5O2S. The van der Waals surface area contributed by atoms with Crippen LogP contribution >= 0.6 is 11.8 Å². The molecule has 0 saturated carbocycles. The molecule has 136 valence electrons. The van der Waals surface area contributed by atoms with E-state index in [0.717, 1.165) is 0 Å². The van der Waals surface area contributed by atoms with Crippen LogP contribution in [0.15, 0.2) is 62.9 Å². The van der Waals surface area contributed by atoms with Crippen molar-refractivity contribution in [3.8, 4) is 0 Å². The van der Waals surface area contributed by atoms with Crippen molar-refractivity contribution in [3.63, 3.8) is 0 Å². The highest BCUT2D eigenvalue weighted by molar-refractivity contribution is 8.27. The fourth-order valence-electron chi connectivity index (χ4n) is 1.73. The smallest absolute Gasteiger partial charge is 0.133 e. The molecule has 0 aliphatic carbocycles. The van der Waals surface area contributed by atoms with Crippen LogP contribution in [-0.4, -0.2) is 43.4 Å². The average Bonchev–Trinajstić information content (AvgIpc) is 3.06. The molecule has 0 amide bonds. The molecule has 0 radical (unpaired) electrons. The molecule has 1 atom stereocenters. The highest BCUT2D eigenvalue weighted by Gasteiger charge is 2.24. The molecule has 0 aromatic heterocycles. The number of nitroso groups, excluding NO2 is 1. The molecule has 0 aromatic rings. The van der Waals surface area contributed by atoms with E-state index >= 15 is 0 Å². The second-order valence-electron chi connectivity index (χ2n) is 5.03. The quantitative estimate of drug-likeness (QED) is 0.482. The normalized spacial score (nSPS) is 20.1. The lowest BCUT2D eigenvalue weighted by molar-refractivity contribution is 0.232. The number of methoxy groups -OCH3 is 1. The van der Waals surface area contributed by atoms with E-state index in [4.69, 9.17) is 10.5 Å². The van der Waals surface area contributed by atoms with Gasteiger partial charge < -0.3 is 15.8 Å². The van der Waals surface area contributed by atoms with Crippen LogP contribution in [0.4, 0.5) is 4.39 Å². The van der Waals surface area contributed by atoms with Crippen LogP contribution in [0.1, 0.15) is 6.92 Å². The number of nitrogens with one attached hydrogen (secondary N) is 1. The van der Waals surface area contributed by atoms with Gasteiger partial charge in [0.05, 0.1) is 12.3 Å². The molecule has 1 unspecified atom stereocenters. The third-order valence-electron chi connectivity index (χ3n) is 3.08. The van der Waals surface area contributed by atoms with Crippen molar-refractivity contribution in [2.24, 2.45) is 20.9 Å². The zero-order valence-corrected chi connectivity index (χ0v) is 15.3. The van der Waals surface area contributed by atoms with Gasteiger partial charge in [0.2, 0.25) is 0 Å². The predicted octanol–water partition coefficient (Wildman–Crippen LogP) is 2.64. The topological polar surface area (TPSA) is 101 Å². The molecule has 1 rings (SSSR count).